The van der Waals surface area contributed by atoms with Crippen LogP contribution in [0.2, 0.25) is 0 Å². The first-order valence-electron chi connectivity index (χ1n) is 5.12. The number of aromatic amines is 1. The molecular weight excluding hydrogens is 206 g/mol. The molecule has 0 amide bonds. The van der Waals surface area contributed by atoms with Crippen molar-refractivity contribution >= 4 is 0 Å². The van der Waals surface area contributed by atoms with Crippen LogP contribution in [0.1, 0.15) is 11.3 Å². The summed E-state index contributed by atoms with van der Waals surface area (Å²) in [5, 5.41) is 5.98. The summed E-state index contributed by atoms with van der Waals surface area (Å²) in [6.07, 6.45) is 0. The molecule has 0 aliphatic carbocycles. The van der Waals surface area contributed by atoms with E-state index in [1.807, 2.05) is 26.1 Å². The Morgan fingerprint density at radius 3 is 2.81 bits per heavy atom. The fraction of sp³-hybridized carbons (Fsp3) is 0.364. The Morgan fingerprint density at radius 2 is 2.25 bits per heavy atom. The molecular formula is C11H15N3O2. The summed E-state index contributed by atoms with van der Waals surface area (Å²) in [5.41, 5.74) is 1.41. The smallest absolute Gasteiger partial charge is 0.271 e. The van der Waals surface area contributed by atoms with Crippen molar-refractivity contribution in [2.75, 3.05) is 7.05 Å². The lowest BCUT2D eigenvalue weighted by atomic mass is 10.2. The van der Waals surface area contributed by atoms with Crippen LogP contribution >= 0.6 is 0 Å². The van der Waals surface area contributed by atoms with Gasteiger partial charge in [0.1, 0.15) is 11.5 Å². The third-order valence-corrected chi connectivity index (χ3v) is 2.48. The van der Waals surface area contributed by atoms with Crippen molar-refractivity contribution in [1.29, 1.82) is 0 Å². The number of aromatic nitrogens is 2. The van der Waals surface area contributed by atoms with E-state index in [0.29, 0.717) is 17.9 Å². The number of nitrogens with one attached hydrogen (secondary N) is 2. The van der Waals surface area contributed by atoms with Gasteiger partial charge in [0.2, 0.25) is 0 Å². The predicted molar refractivity (Wildman–Crippen MR) is 61.2 cm³/mol. The van der Waals surface area contributed by atoms with Gasteiger partial charge in [-0.1, -0.05) is 0 Å². The lowest BCUT2D eigenvalue weighted by Crippen LogP contribution is -2.19. The minimum atomic E-state index is -0.0293. The Morgan fingerprint density at radius 1 is 1.50 bits per heavy atom. The Balaban J connectivity index is 2.56. The van der Waals surface area contributed by atoms with E-state index in [1.54, 1.807) is 7.05 Å². The summed E-state index contributed by atoms with van der Waals surface area (Å²) < 4.78 is 6.97. The summed E-state index contributed by atoms with van der Waals surface area (Å²) >= 11 is 0. The summed E-state index contributed by atoms with van der Waals surface area (Å²) in [5.74, 6) is 1.52. The molecule has 0 saturated heterocycles. The Hall–Kier alpha value is -1.75. The van der Waals surface area contributed by atoms with E-state index < -0.39 is 0 Å². The average molecular weight is 221 g/mol. The van der Waals surface area contributed by atoms with E-state index in [-0.39, 0.29) is 5.56 Å². The second kappa shape index (κ2) is 4.02. The summed E-state index contributed by atoms with van der Waals surface area (Å²) in [6.45, 7) is 2.40. The number of H-pyrrole nitrogens is 1. The summed E-state index contributed by atoms with van der Waals surface area (Å²) in [4.78, 5) is 11.8. The van der Waals surface area contributed by atoms with Gasteiger partial charge < -0.3 is 9.73 Å². The Bertz CT molecular complexity index is 548. The quantitative estimate of drug-likeness (QED) is 0.812. The molecule has 0 atom stereocenters. The summed E-state index contributed by atoms with van der Waals surface area (Å²) in [6, 6.07) is 3.74. The number of rotatable bonds is 3. The van der Waals surface area contributed by atoms with Crippen LogP contribution in [-0.4, -0.2) is 16.8 Å². The topological polar surface area (TPSA) is 63.0 Å². The van der Waals surface area contributed by atoms with Gasteiger partial charge in [-0.3, -0.25) is 14.6 Å². The maximum Gasteiger partial charge on any atom is 0.271 e. The highest BCUT2D eigenvalue weighted by molar-refractivity contribution is 5.56. The maximum absolute atomic E-state index is 11.8. The van der Waals surface area contributed by atoms with Crippen LogP contribution in [0, 0.1) is 6.92 Å². The molecule has 0 aliphatic heterocycles. The van der Waals surface area contributed by atoms with Gasteiger partial charge in [-0.15, -0.1) is 0 Å². The molecule has 0 spiro atoms. The zero-order chi connectivity index (χ0) is 11.7. The zero-order valence-electron chi connectivity index (χ0n) is 9.63. The van der Waals surface area contributed by atoms with Gasteiger partial charge in [-0.05, 0) is 26.1 Å². The largest absolute Gasteiger partial charge is 0.460 e. The Labute approximate surface area is 93.1 Å². The molecule has 86 valence electrons. The van der Waals surface area contributed by atoms with E-state index in [9.17, 15) is 4.79 Å². The van der Waals surface area contributed by atoms with Gasteiger partial charge in [0.05, 0.1) is 5.56 Å². The zero-order valence-corrected chi connectivity index (χ0v) is 9.63. The molecule has 0 unspecified atom stereocenters. The van der Waals surface area contributed by atoms with Gasteiger partial charge in [0.25, 0.3) is 5.56 Å². The van der Waals surface area contributed by atoms with Crippen LogP contribution in [0.4, 0.5) is 0 Å². The molecule has 2 aromatic heterocycles. The molecule has 2 rings (SSSR count). The first-order valence-corrected chi connectivity index (χ1v) is 5.12. The van der Waals surface area contributed by atoms with Crippen molar-refractivity contribution in [3.63, 3.8) is 0 Å². The first-order chi connectivity index (χ1) is 7.63. The average Bonchev–Trinajstić information content (AvgIpc) is 2.78. The number of nitrogens with zero attached hydrogens (tertiary/aromatic N) is 1. The van der Waals surface area contributed by atoms with Crippen molar-refractivity contribution in [2.24, 2.45) is 7.05 Å². The SMILES string of the molecule is CNCc1c(-c2ccc(C)o2)[nH]n(C)c1=O. The minimum Gasteiger partial charge on any atom is -0.460 e. The second-order valence-corrected chi connectivity index (χ2v) is 3.77. The molecule has 0 radical (unpaired) electrons. The highest BCUT2D eigenvalue weighted by Crippen LogP contribution is 2.21. The maximum atomic E-state index is 11.8. The van der Waals surface area contributed by atoms with E-state index in [0.717, 1.165) is 11.5 Å². The normalized spacial score (nSPS) is 10.9. The summed E-state index contributed by atoms with van der Waals surface area (Å²) in [7, 11) is 3.50. The predicted octanol–water partition coefficient (Wildman–Crippen LogP) is 1.00. The molecule has 0 fully saturated rings. The molecule has 2 aromatic rings. The van der Waals surface area contributed by atoms with Crippen LogP contribution in [0.15, 0.2) is 21.3 Å². The van der Waals surface area contributed by atoms with E-state index in [2.05, 4.69) is 10.4 Å². The second-order valence-electron chi connectivity index (χ2n) is 3.77. The third-order valence-electron chi connectivity index (χ3n) is 2.48. The lowest BCUT2D eigenvalue weighted by Gasteiger charge is -1.97. The molecule has 5 nitrogen and oxygen atoms in total. The lowest BCUT2D eigenvalue weighted by molar-refractivity contribution is 0.544. The van der Waals surface area contributed by atoms with Gasteiger partial charge in [0, 0.05) is 13.6 Å². The van der Waals surface area contributed by atoms with Crippen LogP contribution in [0.25, 0.3) is 11.5 Å². The molecule has 2 heterocycles. The third kappa shape index (κ3) is 1.69. The van der Waals surface area contributed by atoms with Crippen LogP contribution in [0.5, 0.6) is 0 Å². The number of aryl methyl sites for hydroxylation is 2. The van der Waals surface area contributed by atoms with Gasteiger partial charge in [-0.25, -0.2) is 0 Å². The number of furan rings is 1. The van der Waals surface area contributed by atoms with Crippen LogP contribution in [-0.2, 0) is 13.6 Å². The highest BCUT2D eigenvalue weighted by atomic mass is 16.3. The van der Waals surface area contributed by atoms with Gasteiger partial charge in [-0.2, -0.15) is 0 Å². The Kier molecular flexibility index (Phi) is 2.70. The van der Waals surface area contributed by atoms with Gasteiger partial charge in [0.15, 0.2) is 5.76 Å². The molecule has 0 saturated carbocycles. The fourth-order valence-electron chi connectivity index (χ4n) is 1.71. The number of hydrogen-bond donors (Lipinski definition) is 2. The van der Waals surface area contributed by atoms with E-state index in [4.69, 9.17) is 4.42 Å². The van der Waals surface area contributed by atoms with Crippen LogP contribution in [0.3, 0.4) is 0 Å². The van der Waals surface area contributed by atoms with Crippen molar-refractivity contribution in [3.8, 4) is 11.5 Å². The van der Waals surface area contributed by atoms with Crippen LogP contribution < -0.4 is 10.9 Å². The monoisotopic (exact) mass is 221 g/mol. The van der Waals surface area contributed by atoms with Gasteiger partial charge >= 0.3 is 0 Å². The molecule has 0 aliphatic rings. The highest BCUT2D eigenvalue weighted by Gasteiger charge is 2.15. The van der Waals surface area contributed by atoms with Crippen molar-refractivity contribution in [1.82, 2.24) is 15.1 Å². The fourth-order valence-corrected chi connectivity index (χ4v) is 1.71. The van der Waals surface area contributed by atoms with Crippen molar-refractivity contribution in [3.05, 3.63) is 33.8 Å². The van der Waals surface area contributed by atoms with Crippen molar-refractivity contribution in [2.45, 2.75) is 13.5 Å². The minimum absolute atomic E-state index is 0.0293. The standard InChI is InChI=1S/C11H15N3O2/c1-7-4-5-9(16-7)10-8(6-12-2)11(15)14(3)13-10/h4-5,12-13H,6H2,1-3H3. The molecule has 2 N–H and O–H groups in total. The molecule has 0 bridgehead atoms. The van der Waals surface area contributed by atoms with E-state index >= 15 is 0 Å². The molecule has 0 aromatic carbocycles. The van der Waals surface area contributed by atoms with E-state index in [1.165, 1.54) is 4.68 Å². The number of hydrogen-bond acceptors (Lipinski definition) is 3. The molecule has 5 heteroatoms. The molecule has 16 heavy (non-hydrogen) atoms. The first kappa shape index (κ1) is 10.8. The van der Waals surface area contributed by atoms with Crippen molar-refractivity contribution < 1.29 is 4.42 Å².